The Labute approximate surface area is 91.4 Å². The Morgan fingerprint density at radius 2 is 1.88 bits per heavy atom. The predicted molar refractivity (Wildman–Crippen MR) is 55.9 cm³/mol. The number of imide groups is 1. The number of carbonyl (C=O) groups is 2. The first-order valence-corrected chi connectivity index (χ1v) is 4.46. The maximum absolute atomic E-state index is 11.2. The minimum atomic E-state index is -0.581. The van der Waals surface area contributed by atoms with Gasteiger partial charge >= 0.3 is 0 Å². The molecule has 0 radical (unpaired) electrons. The van der Waals surface area contributed by atoms with Crippen molar-refractivity contribution in [1.82, 2.24) is 4.57 Å². The first-order chi connectivity index (χ1) is 7.34. The van der Waals surface area contributed by atoms with Crippen molar-refractivity contribution in [2.45, 2.75) is 13.8 Å². The number of amides is 2. The number of rotatable bonds is 2. The molecule has 0 aliphatic rings. The number of nitro groups is 1. The molecule has 0 aromatic carbocycles. The zero-order valence-corrected chi connectivity index (χ0v) is 9.13. The van der Waals surface area contributed by atoms with Crippen LogP contribution in [0.15, 0.2) is 12.3 Å². The second-order valence-electron chi connectivity index (χ2n) is 3.30. The Balaban J connectivity index is 3.25. The van der Waals surface area contributed by atoms with Crippen LogP contribution in [0.25, 0.3) is 0 Å². The number of anilines is 1. The summed E-state index contributed by atoms with van der Waals surface area (Å²) in [5.41, 5.74) is -0.162. The van der Waals surface area contributed by atoms with Crippen LogP contribution in [0.2, 0.25) is 0 Å². The van der Waals surface area contributed by atoms with Gasteiger partial charge in [0.1, 0.15) is 5.82 Å². The molecule has 7 heteroatoms. The molecule has 0 fully saturated rings. The van der Waals surface area contributed by atoms with Crippen LogP contribution in [0.3, 0.4) is 0 Å². The topological polar surface area (TPSA) is 85.4 Å². The molecule has 0 atom stereocenters. The van der Waals surface area contributed by atoms with Gasteiger partial charge < -0.3 is 4.57 Å². The molecule has 7 nitrogen and oxygen atoms in total. The van der Waals surface area contributed by atoms with Gasteiger partial charge in [-0.2, -0.15) is 0 Å². The Morgan fingerprint density at radius 1 is 1.38 bits per heavy atom. The highest BCUT2D eigenvalue weighted by Crippen LogP contribution is 2.23. The summed E-state index contributed by atoms with van der Waals surface area (Å²) in [4.78, 5) is 33.3. The van der Waals surface area contributed by atoms with Crippen LogP contribution in [0.4, 0.5) is 11.5 Å². The lowest BCUT2D eigenvalue weighted by molar-refractivity contribution is -0.384. The minimum Gasteiger partial charge on any atom is -0.331 e. The van der Waals surface area contributed by atoms with E-state index in [-0.39, 0.29) is 11.5 Å². The molecule has 0 N–H and O–H groups in total. The normalized spacial score (nSPS) is 9.94. The van der Waals surface area contributed by atoms with Crippen molar-refractivity contribution >= 4 is 23.3 Å². The monoisotopic (exact) mass is 225 g/mol. The van der Waals surface area contributed by atoms with E-state index in [1.165, 1.54) is 37.7 Å². The molecule has 0 spiro atoms. The first-order valence-electron chi connectivity index (χ1n) is 4.46. The Bertz CT molecular complexity index is 449. The summed E-state index contributed by atoms with van der Waals surface area (Å²) in [5.74, 6) is -0.779. The molecule has 2 amide bonds. The fourth-order valence-corrected chi connectivity index (χ4v) is 1.40. The standard InChI is InChI=1S/C9H11N3O4/c1-6(13)11(7(2)14)9-4-8(12(15)16)5-10(9)3/h4-5H,1-3H3. The molecular weight excluding hydrogens is 214 g/mol. The molecule has 0 aliphatic carbocycles. The summed E-state index contributed by atoms with van der Waals surface area (Å²) in [6.45, 7) is 2.44. The summed E-state index contributed by atoms with van der Waals surface area (Å²) in [7, 11) is 1.53. The van der Waals surface area contributed by atoms with E-state index in [2.05, 4.69) is 0 Å². The molecule has 1 rings (SSSR count). The van der Waals surface area contributed by atoms with Crippen LogP contribution < -0.4 is 4.90 Å². The van der Waals surface area contributed by atoms with Crippen LogP contribution >= 0.6 is 0 Å². The van der Waals surface area contributed by atoms with Crippen molar-refractivity contribution in [1.29, 1.82) is 0 Å². The Morgan fingerprint density at radius 3 is 2.19 bits per heavy atom. The van der Waals surface area contributed by atoms with Gasteiger partial charge in [0.05, 0.1) is 17.2 Å². The van der Waals surface area contributed by atoms with Gasteiger partial charge in [-0.15, -0.1) is 0 Å². The van der Waals surface area contributed by atoms with Gasteiger partial charge in [0, 0.05) is 20.9 Å². The lowest BCUT2D eigenvalue weighted by atomic mass is 10.4. The quantitative estimate of drug-likeness (QED) is 0.551. The van der Waals surface area contributed by atoms with E-state index >= 15 is 0 Å². The second-order valence-corrected chi connectivity index (χ2v) is 3.30. The van der Waals surface area contributed by atoms with E-state index < -0.39 is 16.7 Å². The van der Waals surface area contributed by atoms with Crippen LogP contribution in [0.1, 0.15) is 13.8 Å². The van der Waals surface area contributed by atoms with Gasteiger partial charge in [-0.3, -0.25) is 19.7 Å². The molecule has 86 valence electrons. The van der Waals surface area contributed by atoms with E-state index in [1.807, 2.05) is 0 Å². The maximum atomic E-state index is 11.2. The third-order valence-corrected chi connectivity index (χ3v) is 2.03. The van der Waals surface area contributed by atoms with Crippen molar-refractivity contribution in [2.24, 2.45) is 7.05 Å². The Hall–Kier alpha value is -2.18. The van der Waals surface area contributed by atoms with Gasteiger partial charge in [0.2, 0.25) is 11.8 Å². The lowest BCUT2D eigenvalue weighted by Gasteiger charge is -2.16. The number of aromatic nitrogens is 1. The largest absolute Gasteiger partial charge is 0.331 e. The molecule has 16 heavy (non-hydrogen) atoms. The average Bonchev–Trinajstić information content (AvgIpc) is 2.47. The molecule has 0 aliphatic heterocycles. The smallest absolute Gasteiger partial charge is 0.289 e. The predicted octanol–water partition coefficient (Wildman–Crippen LogP) is 0.833. The van der Waals surface area contributed by atoms with Crippen LogP contribution in [0.5, 0.6) is 0 Å². The molecule has 0 saturated carbocycles. The van der Waals surface area contributed by atoms with E-state index in [4.69, 9.17) is 0 Å². The van der Waals surface area contributed by atoms with Gasteiger partial charge in [-0.1, -0.05) is 0 Å². The number of nitrogens with zero attached hydrogens (tertiary/aromatic N) is 3. The molecule has 0 saturated heterocycles. The molecule has 0 unspecified atom stereocenters. The second kappa shape index (κ2) is 4.13. The van der Waals surface area contributed by atoms with E-state index in [9.17, 15) is 19.7 Å². The Kier molecular flexibility index (Phi) is 3.07. The van der Waals surface area contributed by atoms with Crippen molar-refractivity contribution in [2.75, 3.05) is 4.90 Å². The van der Waals surface area contributed by atoms with Crippen LogP contribution in [0, 0.1) is 10.1 Å². The lowest BCUT2D eigenvalue weighted by Crippen LogP contribution is -2.34. The number of hydrogen-bond donors (Lipinski definition) is 0. The van der Waals surface area contributed by atoms with E-state index in [0.717, 1.165) is 4.90 Å². The zero-order valence-electron chi connectivity index (χ0n) is 9.13. The average molecular weight is 225 g/mol. The molecule has 1 aromatic heterocycles. The summed E-state index contributed by atoms with van der Waals surface area (Å²) in [6, 6.07) is 1.18. The van der Waals surface area contributed by atoms with Crippen molar-refractivity contribution < 1.29 is 14.5 Å². The van der Waals surface area contributed by atoms with Crippen molar-refractivity contribution in [3.05, 3.63) is 22.4 Å². The van der Waals surface area contributed by atoms with Gasteiger partial charge in [-0.05, 0) is 0 Å². The third kappa shape index (κ3) is 2.08. The fraction of sp³-hybridized carbons (Fsp3) is 0.333. The summed E-state index contributed by atoms with van der Waals surface area (Å²) in [5, 5.41) is 10.5. The molecule has 1 aromatic rings. The molecular formula is C9H11N3O4. The van der Waals surface area contributed by atoms with Gasteiger partial charge in [-0.25, -0.2) is 4.90 Å². The molecule has 0 bridgehead atoms. The number of carbonyl (C=O) groups excluding carboxylic acids is 2. The minimum absolute atomic E-state index is 0.162. The number of aryl methyl sites for hydroxylation is 1. The number of hydrogen-bond acceptors (Lipinski definition) is 4. The molecule has 1 heterocycles. The van der Waals surface area contributed by atoms with Gasteiger partial charge in [0.15, 0.2) is 0 Å². The SMILES string of the molecule is CC(=O)N(C(C)=O)c1cc([N+](=O)[O-])cn1C. The van der Waals surface area contributed by atoms with Crippen LogP contribution in [-0.4, -0.2) is 21.3 Å². The van der Waals surface area contributed by atoms with Crippen molar-refractivity contribution in [3.63, 3.8) is 0 Å². The first kappa shape index (κ1) is 11.9. The van der Waals surface area contributed by atoms with E-state index in [1.54, 1.807) is 0 Å². The zero-order chi connectivity index (χ0) is 12.5. The fourth-order valence-electron chi connectivity index (χ4n) is 1.40. The highest BCUT2D eigenvalue weighted by Gasteiger charge is 2.22. The summed E-state index contributed by atoms with van der Waals surface area (Å²) in [6.07, 6.45) is 1.24. The highest BCUT2D eigenvalue weighted by atomic mass is 16.6. The summed E-state index contributed by atoms with van der Waals surface area (Å²) < 4.78 is 1.36. The maximum Gasteiger partial charge on any atom is 0.289 e. The van der Waals surface area contributed by atoms with Crippen molar-refractivity contribution in [3.8, 4) is 0 Å². The summed E-state index contributed by atoms with van der Waals surface area (Å²) >= 11 is 0. The third-order valence-electron chi connectivity index (χ3n) is 2.03. The van der Waals surface area contributed by atoms with Gasteiger partial charge in [0.25, 0.3) is 5.69 Å². The highest BCUT2D eigenvalue weighted by molar-refractivity contribution is 6.12. The van der Waals surface area contributed by atoms with E-state index in [0.29, 0.717) is 0 Å². The van der Waals surface area contributed by atoms with Crippen LogP contribution in [-0.2, 0) is 16.6 Å².